The Labute approximate surface area is 130 Å². The van der Waals surface area contributed by atoms with E-state index >= 15 is 0 Å². The minimum atomic E-state index is -0.475. The molecule has 124 valence electrons. The first-order chi connectivity index (χ1) is 10.5. The largest absolute Gasteiger partial charge is 0.464 e. The Morgan fingerprint density at radius 3 is 3.00 bits per heavy atom. The van der Waals surface area contributed by atoms with Crippen molar-refractivity contribution in [1.29, 1.82) is 0 Å². The van der Waals surface area contributed by atoms with Crippen molar-refractivity contribution < 1.29 is 24.2 Å². The van der Waals surface area contributed by atoms with Gasteiger partial charge in [-0.3, -0.25) is 14.4 Å². The third kappa shape index (κ3) is 7.21. The first-order valence-corrected chi connectivity index (χ1v) is 7.51. The lowest BCUT2D eigenvalue weighted by Crippen LogP contribution is -2.39. The second-order valence-electron chi connectivity index (χ2n) is 5.31. The van der Waals surface area contributed by atoms with Crippen molar-refractivity contribution in [2.45, 2.75) is 38.6 Å². The van der Waals surface area contributed by atoms with Gasteiger partial charge in [0.05, 0.1) is 19.1 Å². The van der Waals surface area contributed by atoms with Gasteiger partial charge < -0.3 is 20.5 Å². The van der Waals surface area contributed by atoms with Gasteiger partial charge in [-0.25, -0.2) is 0 Å². The Morgan fingerprint density at radius 2 is 2.27 bits per heavy atom. The lowest BCUT2D eigenvalue weighted by atomic mass is 9.99. The number of aliphatic hydroxyl groups excluding tert-OH is 1. The molecule has 2 atom stereocenters. The number of hydrogen-bond acceptors (Lipinski definition) is 5. The fourth-order valence-electron chi connectivity index (χ4n) is 2.02. The van der Waals surface area contributed by atoms with E-state index in [1.54, 1.807) is 6.92 Å². The molecule has 0 saturated heterocycles. The number of ether oxygens (including phenoxy) is 1. The van der Waals surface area contributed by atoms with Gasteiger partial charge in [-0.15, -0.1) is 0 Å². The minimum absolute atomic E-state index is 0.0559. The molecule has 3 N–H and O–H groups in total. The van der Waals surface area contributed by atoms with Gasteiger partial charge in [0.15, 0.2) is 0 Å². The van der Waals surface area contributed by atoms with Crippen LogP contribution in [0.2, 0.25) is 0 Å². The predicted octanol–water partition coefficient (Wildman–Crippen LogP) is -0.111. The molecule has 1 heterocycles. The fraction of sp³-hybridized carbons (Fsp3) is 0.667. The van der Waals surface area contributed by atoms with Crippen molar-refractivity contribution in [2.75, 3.05) is 19.8 Å². The maximum atomic E-state index is 12.1. The summed E-state index contributed by atoms with van der Waals surface area (Å²) >= 11 is 0. The van der Waals surface area contributed by atoms with E-state index in [9.17, 15) is 14.4 Å². The molecule has 0 bridgehead atoms. The average Bonchev–Trinajstić information content (AvgIpc) is 2.48. The fourth-order valence-corrected chi connectivity index (χ4v) is 2.02. The Morgan fingerprint density at radius 1 is 1.50 bits per heavy atom. The van der Waals surface area contributed by atoms with Gasteiger partial charge >= 0.3 is 5.97 Å². The Kier molecular flexibility index (Phi) is 8.21. The molecule has 0 aromatic carbocycles. The van der Waals surface area contributed by atoms with Crippen LogP contribution in [0.3, 0.4) is 0 Å². The van der Waals surface area contributed by atoms with E-state index in [-0.39, 0.29) is 50.0 Å². The summed E-state index contributed by atoms with van der Waals surface area (Å²) in [4.78, 5) is 35.2. The number of allylic oxidation sites excluding steroid dienone is 2. The highest BCUT2D eigenvalue weighted by atomic mass is 16.5. The molecule has 2 amide bonds. The van der Waals surface area contributed by atoms with Crippen LogP contribution in [-0.4, -0.2) is 48.7 Å². The second kappa shape index (κ2) is 9.94. The maximum Gasteiger partial charge on any atom is 0.306 e. The van der Waals surface area contributed by atoms with Crippen molar-refractivity contribution >= 4 is 17.8 Å². The van der Waals surface area contributed by atoms with Crippen molar-refractivity contribution in [3.05, 3.63) is 12.2 Å². The molecule has 7 heteroatoms. The number of rotatable bonds is 4. The van der Waals surface area contributed by atoms with Crippen LogP contribution in [0, 0.1) is 5.92 Å². The molecule has 0 radical (unpaired) electrons. The molecule has 22 heavy (non-hydrogen) atoms. The van der Waals surface area contributed by atoms with Gasteiger partial charge in [-0.05, 0) is 19.8 Å². The van der Waals surface area contributed by atoms with Crippen molar-refractivity contribution in [2.24, 2.45) is 5.92 Å². The van der Waals surface area contributed by atoms with E-state index in [4.69, 9.17) is 9.84 Å². The zero-order valence-corrected chi connectivity index (χ0v) is 12.8. The zero-order chi connectivity index (χ0) is 16.4. The number of carbonyl (C=O) groups excluding carboxylic acids is 3. The Balaban J connectivity index is 2.60. The molecule has 0 aliphatic carbocycles. The molecule has 1 rings (SSSR count). The highest BCUT2D eigenvalue weighted by Gasteiger charge is 2.21. The van der Waals surface area contributed by atoms with E-state index < -0.39 is 5.92 Å². The van der Waals surface area contributed by atoms with Gasteiger partial charge in [0.1, 0.15) is 6.61 Å². The van der Waals surface area contributed by atoms with Crippen LogP contribution in [0.5, 0.6) is 0 Å². The normalized spacial score (nSPS) is 21.8. The van der Waals surface area contributed by atoms with Crippen molar-refractivity contribution in [3.63, 3.8) is 0 Å². The molecule has 0 fully saturated rings. The van der Waals surface area contributed by atoms with Gasteiger partial charge in [-0.2, -0.15) is 0 Å². The number of hydrogen-bond donors (Lipinski definition) is 3. The number of nitrogens with one attached hydrogen (secondary N) is 2. The first kappa shape index (κ1) is 18.2. The standard InChI is InChI=1S/C15H24N2O5/c1-11(10-18)17-13(19)9-12-5-3-2-4-6-14(20)22-8-7-16-15(12)21/h2-3,11-12,18H,4-10H2,1H3,(H,16,21)(H,17,19)/t11-,12+/m0/s1. The molecule has 0 saturated carbocycles. The van der Waals surface area contributed by atoms with Crippen molar-refractivity contribution in [3.8, 4) is 0 Å². The van der Waals surface area contributed by atoms with E-state index in [1.165, 1.54) is 0 Å². The van der Waals surface area contributed by atoms with Crippen LogP contribution < -0.4 is 10.6 Å². The second-order valence-corrected chi connectivity index (χ2v) is 5.31. The highest BCUT2D eigenvalue weighted by Crippen LogP contribution is 2.11. The quantitative estimate of drug-likeness (QED) is 0.496. The topological polar surface area (TPSA) is 105 Å². The molecular weight excluding hydrogens is 288 g/mol. The first-order valence-electron chi connectivity index (χ1n) is 7.51. The molecule has 0 unspecified atom stereocenters. The number of aliphatic hydroxyl groups is 1. The predicted molar refractivity (Wildman–Crippen MR) is 79.8 cm³/mol. The zero-order valence-electron chi connectivity index (χ0n) is 12.8. The average molecular weight is 312 g/mol. The smallest absolute Gasteiger partial charge is 0.306 e. The molecule has 7 nitrogen and oxygen atoms in total. The SMILES string of the molecule is C[C@@H](CO)NC(=O)C[C@H]1CC=CCCC(=O)OCCNC1=O. The summed E-state index contributed by atoms with van der Waals surface area (Å²) in [6, 6.07) is -0.336. The molecular formula is C15H24N2O5. The van der Waals surface area contributed by atoms with Crippen molar-refractivity contribution in [1.82, 2.24) is 10.6 Å². The van der Waals surface area contributed by atoms with Crippen LogP contribution in [0.15, 0.2) is 12.2 Å². The highest BCUT2D eigenvalue weighted by molar-refractivity contribution is 5.86. The van der Waals surface area contributed by atoms with Crippen LogP contribution >= 0.6 is 0 Å². The van der Waals surface area contributed by atoms with Crippen LogP contribution in [0.25, 0.3) is 0 Å². The third-order valence-electron chi connectivity index (χ3n) is 3.25. The maximum absolute atomic E-state index is 12.1. The molecule has 1 aliphatic rings. The number of esters is 1. The van der Waals surface area contributed by atoms with Crippen LogP contribution in [-0.2, 0) is 19.1 Å². The summed E-state index contributed by atoms with van der Waals surface area (Å²) in [5, 5.41) is 14.2. The molecule has 0 aromatic heterocycles. The lowest BCUT2D eigenvalue weighted by Gasteiger charge is -2.17. The number of amides is 2. The van der Waals surface area contributed by atoms with E-state index in [0.717, 1.165) is 0 Å². The van der Waals surface area contributed by atoms with Crippen LogP contribution in [0.1, 0.15) is 32.6 Å². The Bertz CT molecular complexity index is 422. The monoisotopic (exact) mass is 312 g/mol. The molecule has 0 spiro atoms. The Hall–Kier alpha value is -1.89. The van der Waals surface area contributed by atoms with Gasteiger partial charge in [0.25, 0.3) is 0 Å². The minimum Gasteiger partial charge on any atom is -0.464 e. The van der Waals surface area contributed by atoms with E-state index in [2.05, 4.69) is 10.6 Å². The van der Waals surface area contributed by atoms with E-state index in [1.807, 2.05) is 12.2 Å². The third-order valence-corrected chi connectivity index (χ3v) is 3.25. The summed E-state index contributed by atoms with van der Waals surface area (Å²) in [5.74, 6) is -1.27. The summed E-state index contributed by atoms with van der Waals surface area (Å²) < 4.78 is 4.95. The summed E-state index contributed by atoms with van der Waals surface area (Å²) in [6.45, 7) is 1.91. The molecule has 1 aliphatic heterocycles. The van der Waals surface area contributed by atoms with Gasteiger partial charge in [0.2, 0.25) is 11.8 Å². The van der Waals surface area contributed by atoms with Crippen LogP contribution in [0.4, 0.5) is 0 Å². The summed E-state index contributed by atoms with van der Waals surface area (Å²) in [6.07, 6.45) is 4.98. The molecule has 0 aromatic rings. The van der Waals surface area contributed by atoms with Gasteiger partial charge in [0, 0.05) is 18.9 Å². The number of carbonyl (C=O) groups is 3. The summed E-state index contributed by atoms with van der Waals surface area (Å²) in [7, 11) is 0. The number of cyclic esters (lactones) is 1. The van der Waals surface area contributed by atoms with Gasteiger partial charge in [-0.1, -0.05) is 12.2 Å². The lowest BCUT2D eigenvalue weighted by molar-refractivity contribution is -0.144. The summed E-state index contributed by atoms with van der Waals surface area (Å²) in [5.41, 5.74) is 0. The van der Waals surface area contributed by atoms with E-state index in [0.29, 0.717) is 19.3 Å².